The average molecular weight is 293 g/mol. The Labute approximate surface area is 117 Å². The fraction of sp³-hybridized carbons (Fsp3) is 0.923. The largest absolute Gasteiger partial charge is 0.404 e. The summed E-state index contributed by atoms with van der Waals surface area (Å²) in [6.45, 7) is 2.74. The Bertz CT molecular complexity index is 366. The molecule has 4 nitrogen and oxygen atoms in total. The van der Waals surface area contributed by atoms with Gasteiger partial charge in [0.2, 0.25) is 5.91 Å². The first kappa shape index (κ1) is 15.6. The van der Waals surface area contributed by atoms with Gasteiger partial charge < -0.3 is 15.5 Å². The van der Waals surface area contributed by atoms with Crippen LogP contribution >= 0.6 is 0 Å². The maximum Gasteiger partial charge on any atom is 0.404 e. The molecule has 2 fully saturated rings. The summed E-state index contributed by atoms with van der Waals surface area (Å²) in [5.41, 5.74) is -2.25. The first-order valence-electron chi connectivity index (χ1n) is 7.05. The average Bonchev–Trinajstić information content (AvgIpc) is 2.84. The van der Waals surface area contributed by atoms with Crippen molar-refractivity contribution < 1.29 is 18.0 Å². The van der Waals surface area contributed by atoms with Gasteiger partial charge in [0.15, 0.2) is 5.41 Å². The van der Waals surface area contributed by atoms with Gasteiger partial charge in [-0.2, -0.15) is 13.2 Å². The van der Waals surface area contributed by atoms with Gasteiger partial charge >= 0.3 is 6.18 Å². The molecule has 3 atom stereocenters. The molecule has 116 valence electrons. The topological polar surface area (TPSA) is 44.4 Å². The summed E-state index contributed by atoms with van der Waals surface area (Å²) in [5.74, 6) is -0.864. The number of rotatable bonds is 2. The molecule has 7 heteroatoms. The number of halogens is 3. The van der Waals surface area contributed by atoms with E-state index in [1.54, 1.807) is 0 Å². The van der Waals surface area contributed by atoms with Crippen LogP contribution in [-0.2, 0) is 4.79 Å². The molecule has 2 heterocycles. The zero-order chi connectivity index (χ0) is 15.0. The maximum atomic E-state index is 13.3. The van der Waals surface area contributed by atoms with Gasteiger partial charge in [-0.1, -0.05) is 0 Å². The first-order chi connectivity index (χ1) is 9.26. The van der Waals surface area contributed by atoms with Crippen LogP contribution in [-0.4, -0.2) is 55.7 Å². The highest BCUT2D eigenvalue weighted by atomic mass is 19.4. The normalized spacial score (nSPS) is 36.0. The van der Waals surface area contributed by atoms with Crippen molar-refractivity contribution in [2.24, 2.45) is 5.41 Å². The van der Waals surface area contributed by atoms with E-state index < -0.39 is 17.5 Å². The third kappa shape index (κ3) is 2.79. The van der Waals surface area contributed by atoms with Crippen molar-refractivity contribution in [3.8, 4) is 0 Å². The molecule has 0 saturated carbocycles. The lowest BCUT2D eigenvalue weighted by Gasteiger charge is -2.37. The van der Waals surface area contributed by atoms with Crippen molar-refractivity contribution in [2.75, 3.05) is 26.7 Å². The van der Waals surface area contributed by atoms with Crippen LogP contribution in [0.1, 0.15) is 26.2 Å². The van der Waals surface area contributed by atoms with Gasteiger partial charge in [-0.3, -0.25) is 4.79 Å². The number of nitrogens with zero attached hydrogens (tertiary/aromatic N) is 1. The molecule has 2 rings (SSSR count). The second-order valence-electron chi connectivity index (χ2n) is 6.03. The molecule has 2 aliphatic rings. The molecule has 0 aromatic heterocycles. The van der Waals surface area contributed by atoms with E-state index in [2.05, 4.69) is 15.5 Å². The third-order valence-corrected chi connectivity index (χ3v) is 4.68. The van der Waals surface area contributed by atoms with Crippen LogP contribution < -0.4 is 10.6 Å². The summed E-state index contributed by atoms with van der Waals surface area (Å²) in [6, 6.07) is 0.117. The van der Waals surface area contributed by atoms with E-state index in [0.29, 0.717) is 12.8 Å². The molecule has 2 saturated heterocycles. The van der Waals surface area contributed by atoms with Gasteiger partial charge in [-0.05, 0) is 39.8 Å². The number of nitrogens with one attached hydrogen (secondary N) is 2. The zero-order valence-corrected chi connectivity index (χ0v) is 11.9. The van der Waals surface area contributed by atoms with Gasteiger partial charge in [0.05, 0.1) is 0 Å². The lowest BCUT2D eigenvalue weighted by atomic mass is 9.84. The molecule has 20 heavy (non-hydrogen) atoms. The van der Waals surface area contributed by atoms with Gasteiger partial charge in [-0.25, -0.2) is 0 Å². The predicted octanol–water partition coefficient (Wildman–Crippen LogP) is 1.13. The Morgan fingerprint density at radius 1 is 1.45 bits per heavy atom. The van der Waals surface area contributed by atoms with Gasteiger partial charge in [-0.15, -0.1) is 0 Å². The predicted molar refractivity (Wildman–Crippen MR) is 69.2 cm³/mol. The standard InChI is InChI=1S/C13H22F3N3O/c1-9-7-10(3-6-19(9)2)18-11(20)12(13(14,15)16)4-5-17-8-12/h9-10,17H,3-8H2,1-2H3,(H,18,20). The first-order valence-corrected chi connectivity index (χ1v) is 7.05. The molecule has 3 unspecified atom stereocenters. The summed E-state index contributed by atoms with van der Waals surface area (Å²) < 4.78 is 39.8. The number of likely N-dealkylation sites (tertiary alicyclic amines) is 1. The molecule has 0 radical (unpaired) electrons. The van der Waals surface area contributed by atoms with Crippen LogP contribution in [0.25, 0.3) is 0 Å². The summed E-state index contributed by atoms with van der Waals surface area (Å²) in [4.78, 5) is 14.3. The Morgan fingerprint density at radius 2 is 2.15 bits per heavy atom. The highest BCUT2D eigenvalue weighted by Gasteiger charge is 2.61. The zero-order valence-electron chi connectivity index (χ0n) is 11.9. The number of carbonyl (C=O) groups is 1. The molecule has 0 spiro atoms. The molecule has 0 aliphatic carbocycles. The summed E-state index contributed by atoms with van der Waals surface area (Å²) in [7, 11) is 1.99. The van der Waals surface area contributed by atoms with Crippen LogP contribution in [0.5, 0.6) is 0 Å². The molecule has 2 aliphatic heterocycles. The SMILES string of the molecule is CC1CC(NC(=O)C2(C(F)(F)F)CCNC2)CCN1C. The number of alkyl halides is 3. The van der Waals surface area contributed by atoms with Crippen molar-refractivity contribution >= 4 is 5.91 Å². The van der Waals surface area contributed by atoms with Crippen molar-refractivity contribution in [1.29, 1.82) is 0 Å². The minimum atomic E-state index is -4.50. The smallest absolute Gasteiger partial charge is 0.352 e. The third-order valence-electron chi connectivity index (χ3n) is 4.68. The number of hydrogen-bond acceptors (Lipinski definition) is 3. The minimum absolute atomic E-state index is 0.159. The van der Waals surface area contributed by atoms with Crippen molar-refractivity contribution in [1.82, 2.24) is 15.5 Å². The van der Waals surface area contributed by atoms with E-state index in [9.17, 15) is 18.0 Å². The Kier molecular flexibility index (Phi) is 4.30. The second kappa shape index (κ2) is 5.52. The fourth-order valence-electron chi connectivity index (χ4n) is 3.00. The Morgan fingerprint density at radius 3 is 2.65 bits per heavy atom. The van der Waals surface area contributed by atoms with E-state index in [0.717, 1.165) is 6.54 Å². The van der Waals surface area contributed by atoms with E-state index in [1.807, 2.05) is 14.0 Å². The van der Waals surface area contributed by atoms with E-state index >= 15 is 0 Å². The van der Waals surface area contributed by atoms with E-state index in [1.165, 1.54) is 0 Å². The summed E-state index contributed by atoms with van der Waals surface area (Å²) >= 11 is 0. The van der Waals surface area contributed by atoms with Crippen LogP contribution in [0, 0.1) is 5.41 Å². The highest BCUT2D eigenvalue weighted by molar-refractivity contribution is 5.84. The van der Waals surface area contributed by atoms with Crippen LogP contribution in [0.2, 0.25) is 0 Å². The van der Waals surface area contributed by atoms with Gasteiger partial charge in [0, 0.05) is 25.2 Å². The van der Waals surface area contributed by atoms with Crippen LogP contribution in [0.15, 0.2) is 0 Å². The lowest BCUT2D eigenvalue weighted by molar-refractivity contribution is -0.216. The molecule has 0 bridgehead atoms. The van der Waals surface area contributed by atoms with E-state index in [-0.39, 0.29) is 31.6 Å². The second-order valence-corrected chi connectivity index (χ2v) is 6.03. The number of hydrogen-bond donors (Lipinski definition) is 2. The summed E-state index contributed by atoms with van der Waals surface area (Å²) in [6.07, 6.45) is -3.28. The van der Waals surface area contributed by atoms with Gasteiger partial charge in [0.25, 0.3) is 0 Å². The molecular formula is C13H22F3N3O. The Balaban J connectivity index is 2.03. The molecular weight excluding hydrogens is 271 g/mol. The quantitative estimate of drug-likeness (QED) is 0.802. The maximum absolute atomic E-state index is 13.3. The lowest BCUT2D eigenvalue weighted by Crippen LogP contribution is -2.56. The molecule has 1 amide bonds. The number of amides is 1. The van der Waals surface area contributed by atoms with Crippen molar-refractivity contribution in [3.63, 3.8) is 0 Å². The molecule has 0 aromatic carbocycles. The van der Waals surface area contributed by atoms with Crippen molar-refractivity contribution in [3.05, 3.63) is 0 Å². The molecule has 0 aromatic rings. The minimum Gasteiger partial charge on any atom is -0.352 e. The van der Waals surface area contributed by atoms with Gasteiger partial charge in [0.1, 0.15) is 0 Å². The van der Waals surface area contributed by atoms with Crippen molar-refractivity contribution in [2.45, 2.75) is 44.4 Å². The number of piperidine rings is 1. The fourth-order valence-corrected chi connectivity index (χ4v) is 3.00. The Hall–Kier alpha value is -0.820. The van der Waals surface area contributed by atoms with E-state index in [4.69, 9.17) is 0 Å². The summed E-state index contributed by atoms with van der Waals surface area (Å²) in [5, 5.41) is 5.30. The van der Waals surface area contributed by atoms with Crippen LogP contribution in [0.3, 0.4) is 0 Å². The van der Waals surface area contributed by atoms with Crippen LogP contribution in [0.4, 0.5) is 13.2 Å². The molecule has 2 N–H and O–H groups in total. The monoisotopic (exact) mass is 293 g/mol. The number of carbonyl (C=O) groups excluding carboxylic acids is 1. The highest BCUT2D eigenvalue weighted by Crippen LogP contribution is 2.43.